The minimum absolute atomic E-state index is 0.366. The van der Waals surface area contributed by atoms with Gasteiger partial charge in [0.05, 0.1) is 25.0 Å². The van der Waals surface area contributed by atoms with E-state index in [1.807, 2.05) is 15.4 Å². The summed E-state index contributed by atoms with van der Waals surface area (Å²) in [7, 11) is 1.67. The number of rotatable bonds is 6. The number of aryl methyl sites for hydroxylation is 1. The van der Waals surface area contributed by atoms with Crippen molar-refractivity contribution in [1.29, 1.82) is 0 Å². The molecule has 0 aliphatic carbocycles. The normalized spacial score (nSPS) is 11.1. The lowest BCUT2D eigenvalue weighted by Crippen LogP contribution is -2.04. The average molecular weight is 270 g/mol. The number of methoxy groups -OCH3 is 1. The SMILES string of the molecule is CCCc1nnc(Cl)n1-c1cnn(CCOC)c1. The van der Waals surface area contributed by atoms with Gasteiger partial charge in [-0.15, -0.1) is 10.2 Å². The van der Waals surface area contributed by atoms with Gasteiger partial charge in [-0.3, -0.25) is 9.25 Å². The first-order chi connectivity index (χ1) is 8.76. The fourth-order valence-electron chi connectivity index (χ4n) is 1.71. The molecule has 0 aromatic carbocycles. The van der Waals surface area contributed by atoms with Crippen molar-refractivity contribution >= 4 is 11.6 Å². The number of hydrogen-bond donors (Lipinski definition) is 0. The van der Waals surface area contributed by atoms with Gasteiger partial charge < -0.3 is 4.74 Å². The quantitative estimate of drug-likeness (QED) is 0.801. The molecule has 0 atom stereocenters. The lowest BCUT2D eigenvalue weighted by atomic mass is 10.3. The summed E-state index contributed by atoms with van der Waals surface area (Å²) in [5, 5.41) is 12.6. The van der Waals surface area contributed by atoms with Crippen molar-refractivity contribution in [3.63, 3.8) is 0 Å². The summed E-state index contributed by atoms with van der Waals surface area (Å²) >= 11 is 6.06. The van der Waals surface area contributed by atoms with Crippen LogP contribution in [0.25, 0.3) is 5.69 Å². The van der Waals surface area contributed by atoms with Crippen LogP contribution in [0, 0.1) is 0 Å². The van der Waals surface area contributed by atoms with Gasteiger partial charge in [-0.2, -0.15) is 5.10 Å². The zero-order valence-electron chi connectivity index (χ0n) is 10.5. The maximum atomic E-state index is 6.06. The van der Waals surface area contributed by atoms with E-state index in [0.29, 0.717) is 18.4 Å². The predicted molar refractivity (Wildman–Crippen MR) is 68.0 cm³/mol. The molecule has 0 fully saturated rings. The van der Waals surface area contributed by atoms with Crippen molar-refractivity contribution in [2.75, 3.05) is 13.7 Å². The van der Waals surface area contributed by atoms with Crippen LogP contribution in [0.2, 0.25) is 5.28 Å². The van der Waals surface area contributed by atoms with Gasteiger partial charge in [-0.05, 0) is 18.0 Å². The number of aromatic nitrogens is 5. The molecule has 0 spiro atoms. The molecule has 7 heteroatoms. The Morgan fingerprint density at radius 1 is 1.39 bits per heavy atom. The standard InChI is InChI=1S/C11H16ClN5O/c1-3-4-10-14-15-11(12)17(10)9-7-13-16(8-9)5-6-18-2/h7-8H,3-6H2,1-2H3. The minimum Gasteiger partial charge on any atom is -0.383 e. The third kappa shape index (κ3) is 2.70. The Hall–Kier alpha value is -1.40. The van der Waals surface area contributed by atoms with Crippen LogP contribution in [0.4, 0.5) is 0 Å². The average Bonchev–Trinajstić information content (AvgIpc) is 2.94. The van der Waals surface area contributed by atoms with Crippen molar-refractivity contribution in [1.82, 2.24) is 24.5 Å². The number of nitrogens with zero attached hydrogens (tertiary/aromatic N) is 5. The van der Waals surface area contributed by atoms with E-state index in [4.69, 9.17) is 16.3 Å². The van der Waals surface area contributed by atoms with Crippen LogP contribution < -0.4 is 0 Å². The van der Waals surface area contributed by atoms with Gasteiger partial charge in [0.25, 0.3) is 0 Å². The Bertz CT molecular complexity index is 507. The Morgan fingerprint density at radius 2 is 2.22 bits per heavy atom. The van der Waals surface area contributed by atoms with Crippen molar-refractivity contribution < 1.29 is 4.74 Å². The highest BCUT2D eigenvalue weighted by molar-refractivity contribution is 6.28. The van der Waals surface area contributed by atoms with E-state index in [0.717, 1.165) is 24.4 Å². The molecule has 0 N–H and O–H groups in total. The van der Waals surface area contributed by atoms with E-state index >= 15 is 0 Å². The molecule has 2 rings (SSSR count). The van der Waals surface area contributed by atoms with Crippen LogP contribution in [0.3, 0.4) is 0 Å². The van der Waals surface area contributed by atoms with Gasteiger partial charge in [0.2, 0.25) is 5.28 Å². The Morgan fingerprint density at radius 3 is 2.94 bits per heavy atom. The van der Waals surface area contributed by atoms with E-state index in [1.165, 1.54) is 0 Å². The fraction of sp³-hybridized carbons (Fsp3) is 0.545. The Kier molecular flexibility index (Phi) is 4.33. The number of ether oxygens (including phenoxy) is 1. The van der Waals surface area contributed by atoms with Gasteiger partial charge in [-0.25, -0.2) is 0 Å². The summed E-state index contributed by atoms with van der Waals surface area (Å²) in [5.41, 5.74) is 0.879. The summed E-state index contributed by atoms with van der Waals surface area (Å²) in [6.45, 7) is 3.42. The van der Waals surface area contributed by atoms with Gasteiger partial charge in [-0.1, -0.05) is 6.92 Å². The topological polar surface area (TPSA) is 57.8 Å². The summed E-state index contributed by atoms with van der Waals surface area (Å²) in [6.07, 6.45) is 5.49. The molecule has 0 aliphatic rings. The summed E-state index contributed by atoms with van der Waals surface area (Å²) < 4.78 is 8.64. The molecule has 0 aliphatic heterocycles. The molecule has 98 valence electrons. The zero-order chi connectivity index (χ0) is 13.0. The van der Waals surface area contributed by atoms with E-state index in [2.05, 4.69) is 22.2 Å². The number of hydrogen-bond acceptors (Lipinski definition) is 4. The molecule has 6 nitrogen and oxygen atoms in total. The highest BCUT2D eigenvalue weighted by Gasteiger charge is 2.12. The third-order valence-corrected chi connectivity index (χ3v) is 2.81. The number of halogens is 1. The molecule has 18 heavy (non-hydrogen) atoms. The Labute approximate surface area is 111 Å². The van der Waals surface area contributed by atoms with Crippen LogP contribution in [-0.2, 0) is 17.7 Å². The first-order valence-corrected chi connectivity index (χ1v) is 6.25. The van der Waals surface area contributed by atoms with Gasteiger partial charge in [0.15, 0.2) is 0 Å². The molecule has 2 aromatic heterocycles. The highest BCUT2D eigenvalue weighted by Crippen LogP contribution is 2.17. The van der Waals surface area contributed by atoms with E-state index in [9.17, 15) is 0 Å². The summed E-state index contributed by atoms with van der Waals surface area (Å²) in [4.78, 5) is 0. The third-order valence-electron chi connectivity index (χ3n) is 2.57. The first-order valence-electron chi connectivity index (χ1n) is 5.87. The van der Waals surface area contributed by atoms with E-state index in [1.54, 1.807) is 13.3 Å². The molecule has 0 amide bonds. The lowest BCUT2D eigenvalue weighted by Gasteiger charge is -2.03. The lowest BCUT2D eigenvalue weighted by molar-refractivity contribution is 0.183. The molecule has 2 heterocycles. The van der Waals surface area contributed by atoms with Crippen LogP contribution in [-0.4, -0.2) is 38.3 Å². The van der Waals surface area contributed by atoms with Crippen molar-refractivity contribution in [3.8, 4) is 5.69 Å². The van der Waals surface area contributed by atoms with Gasteiger partial charge in [0.1, 0.15) is 5.82 Å². The molecule has 2 aromatic rings. The fourth-order valence-corrected chi connectivity index (χ4v) is 1.94. The summed E-state index contributed by atoms with van der Waals surface area (Å²) in [5.74, 6) is 0.855. The van der Waals surface area contributed by atoms with Crippen LogP contribution >= 0.6 is 11.6 Å². The largest absolute Gasteiger partial charge is 0.383 e. The van der Waals surface area contributed by atoms with Crippen LogP contribution in [0.15, 0.2) is 12.4 Å². The molecule has 0 saturated carbocycles. The minimum atomic E-state index is 0.366. The molecular weight excluding hydrogens is 254 g/mol. The van der Waals surface area contributed by atoms with Crippen molar-refractivity contribution in [2.45, 2.75) is 26.3 Å². The van der Waals surface area contributed by atoms with Crippen molar-refractivity contribution in [2.24, 2.45) is 0 Å². The second-order valence-corrected chi connectivity index (χ2v) is 4.26. The molecule has 0 saturated heterocycles. The zero-order valence-corrected chi connectivity index (χ0v) is 11.3. The van der Waals surface area contributed by atoms with E-state index < -0.39 is 0 Å². The van der Waals surface area contributed by atoms with Crippen LogP contribution in [0.5, 0.6) is 0 Å². The van der Waals surface area contributed by atoms with Crippen LogP contribution in [0.1, 0.15) is 19.2 Å². The maximum absolute atomic E-state index is 6.06. The molecule has 0 unspecified atom stereocenters. The predicted octanol–water partition coefficient (Wildman–Crippen LogP) is 1.72. The maximum Gasteiger partial charge on any atom is 0.229 e. The first kappa shape index (κ1) is 13.0. The second-order valence-electron chi connectivity index (χ2n) is 3.93. The summed E-state index contributed by atoms with van der Waals surface area (Å²) in [6, 6.07) is 0. The monoisotopic (exact) mass is 269 g/mol. The smallest absolute Gasteiger partial charge is 0.229 e. The molecular formula is C11H16ClN5O. The molecule has 0 radical (unpaired) electrons. The highest BCUT2D eigenvalue weighted by atomic mass is 35.5. The van der Waals surface area contributed by atoms with Gasteiger partial charge in [0, 0.05) is 19.7 Å². The van der Waals surface area contributed by atoms with Crippen molar-refractivity contribution in [3.05, 3.63) is 23.5 Å². The molecule has 0 bridgehead atoms. The van der Waals surface area contributed by atoms with Gasteiger partial charge >= 0.3 is 0 Å². The second kappa shape index (κ2) is 5.97. The Balaban J connectivity index is 2.24. The van der Waals surface area contributed by atoms with E-state index in [-0.39, 0.29) is 0 Å².